The van der Waals surface area contributed by atoms with Crippen molar-refractivity contribution >= 4 is 5.91 Å². The van der Waals surface area contributed by atoms with Gasteiger partial charge in [-0.05, 0) is 43.9 Å². The Bertz CT molecular complexity index is 673. The first-order valence-electron chi connectivity index (χ1n) is 11.2. The normalized spacial score (nSPS) is 28.4. The fraction of sp³-hybridized carbons (Fsp3) is 0.696. The zero-order valence-corrected chi connectivity index (χ0v) is 18.6. The summed E-state index contributed by atoms with van der Waals surface area (Å²) in [6, 6.07) is 6.58. The Morgan fingerprint density at radius 2 is 1.79 bits per heavy atom. The molecule has 1 heterocycles. The van der Waals surface area contributed by atoms with Gasteiger partial charge in [-0.3, -0.25) is 4.79 Å². The molecule has 0 aromatic heterocycles. The fourth-order valence-electron chi connectivity index (χ4n) is 4.84. The number of rotatable bonds is 7. The number of methoxy groups -OCH3 is 2. The molecule has 2 fully saturated rings. The summed E-state index contributed by atoms with van der Waals surface area (Å²) >= 11 is 0. The van der Waals surface area contributed by atoms with E-state index in [1.54, 1.807) is 19.1 Å². The lowest BCUT2D eigenvalue weighted by Crippen LogP contribution is -3.29. The van der Waals surface area contributed by atoms with Crippen molar-refractivity contribution in [1.29, 1.82) is 0 Å². The van der Waals surface area contributed by atoms with Crippen molar-refractivity contribution in [3.05, 3.63) is 23.8 Å². The number of hydrogen-bond donors (Lipinski definition) is 3. The molecule has 1 aliphatic heterocycles. The maximum Gasteiger partial charge on any atom is 0.278 e. The molecule has 1 saturated heterocycles. The molecule has 29 heavy (non-hydrogen) atoms. The molecule has 1 saturated carbocycles. The van der Waals surface area contributed by atoms with Gasteiger partial charge in [-0.25, -0.2) is 0 Å². The number of carbonyl (C=O) groups is 1. The van der Waals surface area contributed by atoms with Gasteiger partial charge in [-0.15, -0.1) is 0 Å². The Morgan fingerprint density at radius 3 is 2.45 bits per heavy atom. The van der Waals surface area contributed by atoms with Gasteiger partial charge in [0, 0.05) is 11.6 Å². The maximum absolute atomic E-state index is 12.8. The lowest BCUT2D eigenvalue weighted by Gasteiger charge is -2.35. The van der Waals surface area contributed by atoms with Crippen LogP contribution in [0.25, 0.3) is 0 Å². The number of hydrogen-bond acceptors (Lipinski definition) is 3. The smallest absolute Gasteiger partial charge is 0.278 e. The zero-order valence-electron chi connectivity index (χ0n) is 18.6. The molecular weight excluding hydrogens is 366 g/mol. The van der Waals surface area contributed by atoms with Crippen molar-refractivity contribution in [1.82, 2.24) is 5.32 Å². The van der Waals surface area contributed by atoms with Gasteiger partial charge in [0.1, 0.15) is 32.7 Å². The van der Waals surface area contributed by atoms with Crippen LogP contribution < -0.4 is 24.6 Å². The van der Waals surface area contributed by atoms with Crippen LogP contribution in [0.2, 0.25) is 0 Å². The molecule has 0 spiro atoms. The molecule has 0 unspecified atom stereocenters. The van der Waals surface area contributed by atoms with E-state index >= 15 is 0 Å². The molecule has 0 radical (unpaired) electrons. The van der Waals surface area contributed by atoms with E-state index in [-0.39, 0.29) is 11.9 Å². The standard InChI is InChI=1S/C23H37N3O3/c1-17-7-5-6-8-20(17)24-23(27)18(2)26-13-11-25(12-14-26)16-19-9-10-21(28-3)22(15-19)29-4/h9-10,15,17-18,20H,5-8,11-14,16H2,1-4H3,(H,24,27)/p+2/t17-,18-,20+/m1/s1. The van der Waals surface area contributed by atoms with Crippen LogP contribution in [0.5, 0.6) is 11.5 Å². The van der Waals surface area contributed by atoms with Crippen molar-refractivity contribution in [2.75, 3.05) is 40.4 Å². The number of amides is 1. The predicted molar refractivity (Wildman–Crippen MR) is 114 cm³/mol. The monoisotopic (exact) mass is 405 g/mol. The van der Waals surface area contributed by atoms with E-state index in [1.165, 1.54) is 29.7 Å². The first kappa shape index (κ1) is 21.9. The van der Waals surface area contributed by atoms with Gasteiger partial charge < -0.3 is 24.6 Å². The summed E-state index contributed by atoms with van der Waals surface area (Å²) in [5.41, 5.74) is 1.26. The summed E-state index contributed by atoms with van der Waals surface area (Å²) in [6.45, 7) is 9.60. The van der Waals surface area contributed by atoms with Crippen LogP contribution >= 0.6 is 0 Å². The van der Waals surface area contributed by atoms with E-state index in [9.17, 15) is 4.79 Å². The van der Waals surface area contributed by atoms with Gasteiger partial charge in [-0.2, -0.15) is 0 Å². The van der Waals surface area contributed by atoms with E-state index < -0.39 is 0 Å². The molecule has 1 aromatic carbocycles. The second kappa shape index (κ2) is 10.3. The summed E-state index contributed by atoms with van der Waals surface area (Å²) in [4.78, 5) is 15.8. The summed E-state index contributed by atoms with van der Waals surface area (Å²) in [7, 11) is 3.34. The summed E-state index contributed by atoms with van der Waals surface area (Å²) in [5.74, 6) is 2.41. The maximum atomic E-state index is 12.8. The third-order valence-corrected chi connectivity index (χ3v) is 6.95. The second-order valence-corrected chi connectivity index (χ2v) is 8.87. The van der Waals surface area contributed by atoms with Crippen LogP contribution in [0.4, 0.5) is 0 Å². The van der Waals surface area contributed by atoms with Crippen LogP contribution in [0.3, 0.4) is 0 Å². The number of carbonyl (C=O) groups excluding carboxylic acids is 1. The Kier molecular flexibility index (Phi) is 7.78. The Balaban J connectivity index is 1.47. The van der Waals surface area contributed by atoms with Crippen molar-refractivity contribution in [2.24, 2.45) is 5.92 Å². The highest BCUT2D eigenvalue weighted by Crippen LogP contribution is 2.27. The number of quaternary nitrogens is 2. The van der Waals surface area contributed by atoms with Crippen LogP contribution in [-0.4, -0.2) is 58.4 Å². The Labute approximate surface area is 175 Å². The van der Waals surface area contributed by atoms with Crippen LogP contribution in [-0.2, 0) is 11.3 Å². The molecule has 0 bridgehead atoms. The molecule has 162 valence electrons. The third kappa shape index (κ3) is 5.64. The lowest BCUT2D eigenvalue weighted by molar-refractivity contribution is -1.02. The molecule has 3 N–H and O–H groups in total. The van der Waals surface area contributed by atoms with Gasteiger partial charge >= 0.3 is 0 Å². The SMILES string of the molecule is COc1ccc(C[NH+]2CC[NH+]([C@H](C)C(=O)N[C@H]3CCCC[C@H]3C)CC2)cc1OC. The van der Waals surface area contributed by atoms with E-state index in [0.717, 1.165) is 50.6 Å². The average molecular weight is 406 g/mol. The van der Waals surface area contributed by atoms with Crippen LogP contribution in [0.1, 0.15) is 45.1 Å². The number of benzene rings is 1. The van der Waals surface area contributed by atoms with Crippen LogP contribution in [0, 0.1) is 5.92 Å². The highest BCUT2D eigenvalue weighted by atomic mass is 16.5. The first-order chi connectivity index (χ1) is 14.0. The van der Waals surface area contributed by atoms with Gasteiger partial charge in [0.05, 0.1) is 14.2 Å². The van der Waals surface area contributed by atoms with Crippen molar-refractivity contribution in [2.45, 2.75) is 58.2 Å². The third-order valence-electron chi connectivity index (χ3n) is 6.95. The second-order valence-electron chi connectivity index (χ2n) is 8.87. The Hall–Kier alpha value is -1.79. The van der Waals surface area contributed by atoms with Crippen molar-refractivity contribution in [3.63, 3.8) is 0 Å². The highest BCUT2D eigenvalue weighted by molar-refractivity contribution is 5.80. The van der Waals surface area contributed by atoms with Gasteiger partial charge in [-0.1, -0.05) is 19.8 Å². The van der Waals surface area contributed by atoms with Crippen LogP contribution in [0.15, 0.2) is 18.2 Å². The van der Waals surface area contributed by atoms with E-state index in [4.69, 9.17) is 9.47 Å². The molecule has 3 atom stereocenters. The highest BCUT2D eigenvalue weighted by Gasteiger charge is 2.33. The molecule has 1 aromatic rings. The van der Waals surface area contributed by atoms with Crippen molar-refractivity contribution in [3.8, 4) is 11.5 Å². The molecule has 2 aliphatic rings. The minimum atomic E-state index is 0.0340. The lowest BCUT2D eigenvalue weighted by atomic mass is 9.86. The van der Waals surface area contributed by atoms with Gasteiger partial charge in [0.15, 0.2) is 17.5 Å². The van der Waals surface area contributed by atoms with Gasteiger partial charge in [0.2, 0.25) is 0 Å². The van der Waals surface area contributed by atoms with Gasteiger partial charge in [0.25, 0.3) is 5.91 Å². The Morgan fingerprint density at radius 1 is 1.10 bits per heavy atom. The topological polar surface area (TPSA) is 56.4 Å². The summed E-state index contributed by atoms with van der Waals surface area (Å²) < 4.78 is 10.8. The molecule has 1 amide bonds. The largest absolute Gasteiger partial charge is 0.493 e. The molecule has 3 rings (SSSR count). The van der Waals surface area contributed by atoms with E-state index in [0.29, 0.717) is 12.0 Å². The predicted octanol–water partition coefficient (Wildman–Crippen LogP) is 0.0706. The molecule has 6 heteroatoms. The number of piperazine rings is 1. The minimum absolute atomic E-state index is 0.0340. The molecular formula is C23H39N3O3+2. The fourth-order valence-corrected chi connectivity index (χ4v) is 4.84. The molecule has 6 nitrogen and oxygen atoms in total. The first-order valence-corrected chi connectivity index (χ1v) is 11.2. The van der Waals surface area contributed by atoms with Crippen molar-refractivity contribution < 1.29 is 24.1 Å². The molecule has 1 aliphatic carbocycles. The number of ether oxygens (including phenoxy) is 2. The average Bonchev–Trinajstić information content (AvgIpc) is 2.75. The summed E-state index contributed by atoms with van der Waals surface area (Å²) in [5, 5.41) is 3.35. The summed E-state index contributed by atoms with van der Waals surface area (Å²) in [6.07, 6.45) is 4.93. The number of nitrogens with one attached hydrogen (secondary N) is 3. The quantitative estimate of drug-likeness (QED) is 0.602. The minimum Gasteiger partial charge on any atom is -0.493 e. The van der Waals surface area contributed by atoms with E-state index in [1.807, 2.05) is 6.07 Å². The van der Waals surface area contributed by atoms with E-state index in [2.05, 4.69) is 31.3 Å². The zero-order chi connectivity index (χ0) is 20.8.